The van der Waals surface area contributed by atoms with Gasteiger partial charge >= 0.3 is 0 Å². The average Bonchev–Trinajstić information content (AvgIpc) is 2.94. The first-order chi connectivity index (χ1) is 9.68. The van der Waals surface area contributed by atoms with Gasteiger partial charge in [-0.05, 0) is 35.7 Å². The molecule has 1 aromatic rings. The summed E-state index contributed by atoms with van der Waals surface area (Å²) in [5.74, 6) is 2.77. The zero-order chi connectivity index (χ0) is 14.8. The van der Waals surface area contributed by atoms with E-state index in [1.165, 1.54) is 74.9 Å². The van der Waals surface area contributed by atoms with Crippen molar-refractivity contribution in [2.45, 2.75) is 84.0 Å². The lowest BCUT2D eigenvalue weighted by atomic mass is 9.74. The molecule has 1 unspecified atom stereocenters. The first-order valence-corrected chi connectivity index (χ1v) is 8.93. The van der Waals surface area contributed by atoms with Crippen molar-refractivity contribution in [1.29, 1.82) is 0 Å². The van der Waals surface area contributed by atoms with Crippen LogP contribution in [0.25, 0.3) is 0 Å². The zero-order valence-electron chi connectivity index (χ0n) is 13.4. The van der Waals surface area contributed by atoms with Crippen LogP contribution in [0.1, 0.15) is 89.8 Å². The molecule has 0 N–H and O–H groups in total. The van der Waals surface area contributed by atoms with Crippen LogP contribution in [0.4, 0.5) is 0 Å². The molecule has 0 saturated carbocycles. The highest BCUT2D eigenvalue weighted by atomic mass is 32.1. The standard InChI is InChI=1S/C18H29NS/c1-5-8-10-11-12-14-18(4,13-9-6-2)16-15-20-19-17(16)7-3/h3,15H,5-6,8-14H2,1-2,4H3. The fourth-order valence-corrected chi connectivity index (χ4v) is 3.66. The van der Waals surface area contributed by atoms with Crippen LogP contribution < -0.4 is 0 Å². The summed E-state index contributed by atoms with van der Waals surface area (Å²) < 4.78 is 4.37. The summed E-state index contributed by atoms with van der Waals surface area (Å²) in [7, 11) is 0. The van der Waals surface area contributed by atoms with Crippen molar-refractivity contribution in [3.63, 3.8) is 0 Å². The number of aromatic nitrogens is 1. The Labute approximate surface area is 129 Å². The first-order valence-electron chi connectivity index (χ1n) is 8.09. The van der Waals surface area contributed by atoms with E-state index in [2.05, 4.69) is 36.4 Å². The maximum Gasteiger partial charge on any atom is 0.130 e. The number of nitrogens with zero attached hydrogens (tertiary/aromatic N) is 1. The topological polar surface area (TPSA) is 12.9 Å². The highest BCUT2D eigenvalue weighted by molar-refractivity contribution is 7.03. The molecular formula is C18H29NS. The van der Waals surface area contributed by atoms with E-state index >= 15 is 0 Å². The average molecular weight is 292 g/mol. The Balaban J connectivity index is 2.69. The maximum absolute atomic E-state index is 5.61. The normalized spacial score (nSPS) is 13.9. The zero-order valence-corrected chi connectivity index (χ0v) is 14.2. The number of terminal acetylenes is 1. The van der Waals surface area contributed by atoms with Gasteiger partial charge in [0.25, 0.3) is 0 Å². The van der Waals surface area contributed by atoms with Crippen LogP contribution >= 0.6 is 11.5 Å². The third-order valence-electron chi connectivity index (χ3n) is 4.27. The van der Waals surface area contributed by atoms with Crippen molar-refractivity contribution in [3.8, 4) is 12.3 Å². The summed E-state index contributed by atoms with van der Waals surface area (Å²) in [6.07, 6.45) is 17.3. The van der Waals surface area contributed by atoms with Gasteiger partial charge in [0.15, 0.2) is 0 Å². The smallest absolute Gasteiger partial charge is 0.130 e. The molecule has 0 amide bonds. The molecule has 0 radical (unpaired) electrons. The molecule has 0 spiro atoms. The van der Waals surface area contributed by atoms with E-state index in [0.717, 1.165) is 5.69 Å². The van der Waals surface area contributed by atoms with Gasteiger partial charge < -0.3 is 0 Å². The van der Waals surface area contributed by atoms with E-state index in [-0.39, 0.29) is 5.41 Å². The Kier molecular flexibility index (Phi) is 7.92. The molecule has 0 aromatic carbocycles. The maximum atomic E-state index is 5.61. The summed E-state index contributed by atoms with van der Waals surface area (Å²) >= 11 is 1.51. The molecule has 0 saturated heterocycles. The minimum absolute atomic E-state index is 0.219. The molecule has 0 bridgehead atoms. The molecule has 0 aliphatic rings. The molecule has 0 fully saturated rings. The Morgan fingerprint density at radius 1 is 1.10 bits per heavy atom. The van der Waals surface area contributed by atoms with Crippen LogP contribution in [0.15, 0.2) is 5.38 Å². The number of hydrogen-bond donors (Lipinski definition) is 0. The quantitative estimate of drug-likeness (QED) is 0.384. The molecule has 112 valence electrons. The lowest BCUT2D eigenvalue weighted by Gasteiger charge is -2.29. The summed E-state index contributed by atoms with van der Waals surface area (Å²) in [5.41, 5.74) is 2.41. The Morgan fingerprint density at radius 2 is 1.75 bits per heavy atom. The van der Waals surface area contributed by atoms with Crippen molar-refractivity contribution in [1.82, 2.24) is 4.37 Å². The van der Waals surface area contributed by atoms with E-state index in [0.29, 0.717) is 0 Å². The minimum atomic E-state index is 0.219. The summed E-state index contributed by atoms with van der Waals surface area (Å²) in [6.45, 7) is 6.91. The van der Waals surface area contributed by atoms with Crippen LogP contribution in [-0.2, 0) is 5.41 Å². The van der Waals surface area contributed by atoms with Crippen molar-refractivity contribution in [2.24, 2.45) is 0 Å². The number of hydrogen-bond acceptors (Lipinski definition) is 2. The predicted molar refractivity (Wildman–Crippen MR) is 90.3 cm³/mol. The predicted octanol–water partition coefficient (Wildman–Crippen LogP) is 5.93. The fraction of sp³-hybridized carbons (Fsp3) is 0.722. The molecular weight excluding hydrogens is 262 g/mol. The second-order valence-electron chi connectivity index (χ2n) is 6.05. The van der Waals surface area contributed by atoms with Crippen molar-refractivity contribution in [2.75, 3.05) is 0 Å². The number of rotatable bonds is 10. The van der Waals surface area contributed by atoms with Crippen LogP contribution in [0.2, 0.25) is 0 Å². The van der Waals surface area contributed by atoms with Crippen molar-refractivity contribution < 1.29 is 0 Å². The molecule has 0 aliphatic heterocycles. The summed E-state index contributed by atoms with van der Waals surface area (Å²) in [5, 5.41) is 2.18. The van der Waals surface area contributed by atoms with Gasteiger partial charge in [-0.3, -0.25) is 0 Å². The van der Waals surface area contributed by atoms with Crippen LogP contribution in [-0.4, -0.2) is 4.37 Å². The number of unbranched alkanes of at least 4 members (excludes halogenated alkanes) is 5. The van der Waals surface area contributed by atoms with Crippen molar-refractivity contribution in [3.05, 3.63) is 16.6 Å². The molecule has 2 heteroatoms. The van der Waals surface area contributed by atoms with E-state index in [1.807, 2.05) is 0 Å². The highest BCUT2D eigenvalue weighted by Gasteiger charge is 2.29. The molecule has 0 aliphatic carbocycles. The van der Waals surface area contributed by atoms with Gasteiger partial charge in [-0.15, -0.1) is 6.42 Å². The molecule has 20 heavy (non-hydrogen) atoms. The SMILES string of the molecule is C#Cc1nscc1C(C)(CCCC)CCCCCCC. The van der Waals surface area contributed by atoms with E-state index < -0.39 is 0 Å². The second kappa shape index (κ2) is 9.19. The molecule has 1 rings (SSSR count). The lowest BCUT2D eigenvalue weighted by Crippen LogP contribution is -2.22. The largest absolute Gasteiger partial charge is 0.184 e. The molecule has 1 atom stereocenters. The third kappa shape index (κ3) is 4.94. The summed E-state index contributed by atoms with van der Waals surface area (Å²) in [6, 6.07) is 0. The Bertz CT molecular complexity index is 415. The van der Waals surface area contributed by atoms with Gasteiger partial charge in [0.2, 0.25) is 0 Å². The Morgan fingerprint density at radius 3 is 2.40 bits per heavy atom. The van der Waals surface area contributed by atoms with Crippen LogP contribution in [0.5, 0.6) is 0 Å². The molecule has 1 aromatic heterocycles. The van der Waals surface area contributed by atoms with Gasteiger partial charge in [0, 0.05) is 10.9 Å². The van der Waals surface area contributed by atoms with E-state index in [1.54, 1.807) is 0 Å². The van der Waals surface area contributed by atoms with E-state index in [9.17, 15) is 0 Å². The van der Waals surface area contributed by atoms with Gasteiger partial charge in [-0.2, -0.15) is 4.37 Å². The minimum Gasteiger partial charge on any atom is -0.184 e. The van der Waals surface area contributed by atoms with Crippen LogP contribution in [0, 0.1) is 12.3 Å². The monoisotopic (exact) mass is 291 g/mol. The summed E-state index contributed by atoms with van der Waals surface area (Å²) in [4.78, 5) is 0. The van der Waals surface area contributed by atoms with Gasteiger partial charge in [-0.1, -0.05) is 65.7 Å². The van der Waals surface area contributed by atoms with Gasteiger partial charge in [-0.25, -0.2) is 0 Å². The molecule has 1 heterocycles. The van der Waals surface area contributed by atoms with Crippen molar-refractivity contribution >= 4 is 11.5 Å². The first kappa shape index (κ1) is 17.2. The third-order valence-corrected chi connectivity index (χ3v) is 4.90. The van der Waals surface area contributed by atoms with E-state index in [4.69, 9.17) is 6.42 Å². The highest BCUT2D eigenvalue weighted by Crippen LogP contribution is 2.37. The lowest BCUT2D eigenvalue weighted by molar-refractivity contribution is 0.368. The second-order valence-corrected chi connectivity index (χ2v) is 6.68. The Hall–Kier alpha value is -0.810. The van der Waals surface area contributed by atoms with Crippen LogP contribution in [0.3, 0.4) is 0 Å². The molecule has 1 nitrogen and oxygen atoms in total. The van der Waals surface area contributed by atoms with Gasteiger partial charge in [0.05, 0.1) is 0 Å². The van der Waals surface area contributed by atoms with Gasteiger partial charge in [0.1, 0.15) is 5.69 Å². The fourth-order valence-electron chi connectivity index (χ4n) is 2.85.